The summed E-state index contributed by atoms with van der Waals surface area (Å²) in [6.45, 7) is 5.58. The largest absolute Gasteiger partial charge is 0.368 e. The van der Waals surface area contributed by atoms with Crippen LogP contribution in [0.1, 0.15) is 19.4 Å². The normalized spacial score (nSPS) is 10.1. The second-order valence-electron chi connectivity index (χ2n) is 4.06. The van der Waals surface area contributed by atoms with Crippen LogP contribution in [-0.2, 0) is 0 Å². The number of pyridine rings is 1. The zero-order chi connectivity index (χ0) is 14.5. The van der Waals surface area contributed by atoms with Gasteiger partial charge in [-0.05, 0) is 19.9 Å². The summed E-state index contributed by atoms with van der Waals surface area (Å²) < 4.78 is 0. The Labute approximate surface area is 117 Å². The summed E-state index contributed by atoms with van der Waals surface area (Å²) in [4.78, 5) is 18.6. The summed E-state index contributed by atoms with van der Waals surface area (Å²) >= 11 is 0. The second kappa shape index (κ2) is 5.93. The van der Waals surface area contributed by atoms with Crippen LogP contribution in [0, 0.1) is 11.3 Å². The number of nitrogen functional groups attached to an aromatic ring is 1. The molecule has 7 nitrogen and oxygen atoms in total. The van der Waals surface area contributed by atoms with Crippen molar-refractivity contribution in [3.8, 4) is 17.5 Å². The van der Waals surface area contributed by atoms with Crippen molar-refractivity contribution in [3.63, 3.8) is 0 Å². The fourth-order valence-electron chi connectivity index (χ4n) is 1.78. The number of hydrogen-bond acceptors (Lipinski definition) is 7. The van der Waals surface area contributed by atoms with Gasteiger partial charge in [-0.15, -0.1) is 0 Å². The Morgan fingerprint density at radius 3 is 2.60 bits per heavy atom. The van der Waals surface area contributed by atoms with Gasteiger partial charge in [0.25, 0.3) is 0 Å². The molecule has 2 heterocycles. The van der Waals surface area contributed by atoms with Gasteiger partial charge >= 0.3 is 0 Å². The van der Waals surface area contributed by atoms with Crippen molar-refractivity contribution in [1.82, 2.24) is 19.9 Å². The maximum Gasteiger partial charge on any atom is 0.230 e. The van der Waals surface area contributed by atoms with E-state index in [0.717, 1.165) is 13.1 Å². The lowest BCUT2D eigenvalue weighted by molar-refractivity contribution is 0.816. The van der Waals surface area contributed by atoms with Crippen LogP contribution in [0.5, 0.6) is 0 Å². The van der Waals surface area contributed by atoms with Crippen molar-refractivity contribution in [2.45, 2.75) is 13.8 Å². The molecule has 2 aromatic heterocycles. The van der Waals surface area contributed by atoms with E-state index < -0.39 is 0 Å². The lowest BCUT2D eigenvalue weighted by Crippen LogP contribution is -2.25. The highest BCUT2D eigenvalue weighted by Crippen LogP contribution is 2.18. The van der Waals surface area contributed by atoms with Gasteiger partial charge in [-0.2, -0.15) is 20.2 Å². The van der Waals surface area contributed by atoms with E-state index in [9.17, 15) is 0 Å². The predicted molar refractivity (Wildman–Crippen MR) is 75.7 cm³/mol. The third-order valence-electron chi connectivity index (χ3n) is 2.81. The highest BCUT2D eigenvalue weighted by Gasteiger charge is 2.11. The van der Waals surface area contributed by atoms with Crippen LogP contribution in [0.15, 0.2) is 18.5 Å². The summed E-state index contributed by atoms with van der Waals surface area (Å²) in [6, 6.07) is 3.71. The van der Waals surface area contributed by atoms with E-state index >= 15 is 0 Å². The standard InChI is InChI=1S/C13H15N7/c1-3-20(4-2)13-18-11(17-12(15)19-13)10-5-9(6-14)7-16-8-10/h5,7-8H,3-4H2,1-2H3,(H2,15,17,18,19). The Balaban J connectivity index is 2.49. The average Bonchev–Trinajstić information content (AvgIpc) is 2.48. The first-order valence-electron chi connectivity index (χ1n) is 6.30. The Morgan fingerprint density at radius 1 is 1.20 bits per heavy atom. The summed E-state index contributed by atoms with van der Waals surface area (Å²) in [5.41, 5.74) is 6.84. The molecule has 0 unspecified atom stereocenters. The molecule has 0 amide bonds. The lowest BCUT2D eigenvalue weighted by Gasteiger charge is -2.18. The molecule has 0 aliphatic rings. The van der Waals surface area contributed by atoms with Crippen molar-refractivity contribution in [1.29, 1.82) is 5.26 Å². The molecule has 2 aromatic rings. The van der Waals surface area contributed by atoms with Crippen LogP contribution in [0.2, 0.25) is 0 Å². The number of rotatable bonds is 4. The van der Waals surface area contributed by atoms with Crippen LogP contribution in [-0.4, -0.2) is 33.0 Å². The van der Waals surface area contributed by atoms with Crippen molar-refractivity contribution in [3.05, 3.63) is 24.0 Å². The van der Waals surface area contributed by atoms with Gasteiger partial charge in [0.05, 0.1) is 5.56 Å². The number of anilines is 2. The van der Waals surface area contributed by atoms with Gasteiger partial charge in [-0.25, -0.2) is 0 Å². The summed E-state index contributed by atoms with van der Waals surface area (Å²) in [7, 11) is 0. The zero-order valence-electron chi connectivity index (χ0n) is 11.4. The summed E-state index contributed by atoms with van der Waals surface area (Å²) in [5.74, 6) is 1.10. The van der Waals surface area contributed by atoms with E-state index in [2.05, 4.69) is 19.9 Å². The molecule has 0 aliphatic carbocycles. The molecule has 0 spiro atoms. The Kier molecular flexibility index (Phi) is 4.05. The smallest absolute Gasteiger partial charge is 0.230 e. The molecular formula is C13H15N7. The Bertz CT molecular complexity index is 643. The molecule has 0 atom stereocenters. The maximum atomic E-state index is 8.91. The van der Waals surface area contributed by atoms with Gasteiger partial charge in [-0.1, -0.05) is 0 Å². The van der Waals surface area contributed by atoms with Gasteiger partial charge in [-0.3, -0.25) is 4.98 Å². The van der Waals surface area contributed by atoms with Crippen LogP contribution >= 0.6 is 0 Å². The topological polar surface area (TPSA) is 105 Å². The van der Waals surface area contributed by atoms with Gasteiger partial charge in [0.1, 0.15) is 6.07 Å². The number of hydrogen-bond donors (Lipinski definition) is 1. The van der Waals surface area contributed by atoms with Gasteiger partial charge < -0.3 is 10.6 Å². The molecule has 0 radical (unpaired) electrons. The minimum absolute atomic E-state index is 0.152. The number of nitrogens with zero attached hydrogens (tertiary/aromatic N) is 6. The monoisotopic (exact) mass is 269 g/mol. The Hall–Kier alpha value is -2.75. The van der Waals surface area contributed by atoms with E-state index in [0.29, 0.717) is 22.9 Å². The first-order chi connectivity index (χ1) is 9.67. The van der Waals surface area contributed by atoms with Crippen LogP contribution in [0.25, 0.3) is 11.4 Å². The van der Waals surface area contributed by atoms with E-state index in [-0.39, 0.29) is 5.95 Å². The predicted octanol–water partition coefficient (Wildman–Crippen LogP) is 1.23. The molecule has 0 aromatic carbocycles. The van der Waals surface area contributed by atoms with E-state index in [1.165, 1.54) is 6.20 Å². The second-order valence-corrected chi connectivity index (χ2v) is 4.06. The fourth-order valence-corrected chi connectivity index (χ4v) is 1.78. The van der Waals surface area contributed by atoms with Crippen LogP contribution in [0.4, 0.5) is 11.9 Å². The molecule has 2 N–H and O–H groups in total. The highest BCUT2D eigenvalue weighted by atomic mass is 15.3. The SMILES string of the molecule is CCN(CC)c1nc(N)nc(-c2cncc(C#N)c2)n1. The first kappa shape index (κ1) is 13.7. The van der Waals surface area contributed by atoms with Gasteiger partial charge in [0.15, 0.2) is 5.82 Å². The molecule has 0 saturated heterocycles. The van der Waals surface area contributed by atoms with Crippen LogP contribution in [0.3, 0.4) is 0 Å². The molecule has 7 heteroatoms. The molecule has 20 heavy (non-hydrogen) atoms. The summed E-state index contributed by atoms with van der Waals surface area (Å²) in [5, 5.41) is 8.91. The van der Waals surface area contributed by atoms with Crippen molar-refractivity contribution in [2.75, 3.05) is 23.7 Å². The lowest BCUT2D eigenvalue weighted by atomic mass is 10.2. The molecule has 102 valence electrons. The maximum absolute atomic E-state index is 8.91. The minimum Gasteiger partial charge on any atom is -0.368 e. The first-order valence-corrected chi connectivity index (χ1v) is 6.30. The quantitative estimate of drug-likeness (QED) is 0.889. The molecule has 0 saturated carbocycles. The van der Waals surface area contributed by atoms with E-state index in [1.54, 1.807) is 12.3 Å². The van der Waals surface area contributed by atoms with Gasteiger partial charge in [0.2, 0.25) is 11.9 Å². The highest BCUT2D eigenvalue weighted by molar-refractivity contribution is 5.58. The number of nitriles is 1. The van der Waals surface area contributed by atoms with Gasteiger partial charge in [0, 0.05) is 31.0 Å². The molecule has 2 rings (SSSR count). The van der Waals surface area contributed by atoms with Crippen LogP contribution < -0.4 is 10.6 Å². The van der Waals surface area contributed by atoms with Crippen molar-refractivity contribution >= 4 is 11.9 Å². The number of nitrogens with two attached hydrogens (primary N) is 1. The molecule has 0 fully saturated rings. The molecular weight excluding hydrogens is 254 g/mol. The third-order valence-corrected chi connectivity index (χ3v) is 2.81. The Morgan fingerprint density at radius 2 is 1.95 bits per heavy atom. The van der Waals surface area contributed by atoms with Crippen molar-refractivity contribution in [2.24, 2.45) is 0 Å². The minimum atomic E-state index is 0.152. The molecule has 0 bridgehead atoms. The summed E-state index contributed by atoms with van der Waals surface area (Å²) in [6.07, 6.45) is 3.08. The molecule has 0 aliphatic heterocycles. The fraction of sp³-hybridized carbons (Fsp3) is 0.308. The average molecular weight is 269 g/mol. The number of aromatic nitrogens is 4. The van der Waals surface area contributed by atoms with E-state index in [4.69, 9.17) is 11.0 Å². The third kappa shape index (κ3) is 2.80. The zero-order valence-corrected chi connectivity index (χ0v) is 11.4. The van der Waals surface area contributed by atoms with Crippen molar-refractivity contribution < 1.29 is 0 Å². The van der Waals surface area contributed by atoms with E-state index in [1.807, 2.05) is 24.8 Å².